The monoisotopic (exact) mass is 641 g/mol. The summed E-state index contributed by atoms with van der Waals surface area (Å²) in [4.78, 5) is 12.2. The fourth-order valence-electron chi connectivity index (χ4n) is 4.94. The van der Waals surface area contributed by atoms with Crippen molar-refractivity contribution in [1.29, 1.82) is 0 Å². The summed E-state index contributed by atoms with van der Waals surface area (Å²) in [5, 5.41) is 9.56. The van der Waals surface area contributed by atoms with Crippen molar-refractivity contribution in [3.63, 3.8) is 0 Å². The Bertz CT molecular complexity index is 804. The van der Waals surface area contributed by atoms with Crippen molar-refractivity contribution in [3.8, 4) is 0 Å². The smallest absolute Gasteiger partial charge is 0.306 e. The van der Waals surface area contributed by atoms with Crippen LogP contribution >= 0.6 is 0 Å². The molecule has 4 heteroatoms. The SMILES string of the molecule is CC/C=C\C/C=C\C/C=C\C/C=C\CCCCCOCC(CO)OC(=O)CCCCCCCCC/C=C\C/C=C\CCCCCC. The van der Waals surface area contributed by atoms with Gasteiger partial charge in [0.05, 0.1) is 13.2 Å². The minimum atomic E-state index is -0.558. The average molecular weight is 641 g/mol. The first-order valence-electron chi connectivity index (χ1n) is 19.0. The van der Waals surface area contributed by atoms with Gasteiger partial charge in [0.1, 0.15) is 6.10 Å². The summed E-state index contributed by atoms with van der Waals surface area (Å²) in [6.07, 6.45) is 52.3. The van der Waals surface area contributed by atoms with Crippen LogP contribution in [0.3, 0.4) is 0 Å². The number of allylic oxidation sites excluding steroid dienone is 12. The maximum Gasteiger partial charge on any atom is 0.306 e. The first-order chi connectivity index (χ1) is 22.7. The largest absolute Gasteiger partial charge is 0.457 e. The molecule has 264 valence electrons. The topological polar surface area (TPSA) is 55.8 Å². The van der Waals surface area contributed by atoms with Gasteiger partial charge in [-0.25, -0.2) is 0 Å². The predicted molar refractivity (Wildman–Crippen MR) is 200 cm³/mol. The minimum absolute atomic E-state index is 0.192. The number of esters is 1. The maximum atomic E-state index is 12.2. The molecule has 0 aromatic heterocycles. The van der Waals surface area contributed by atoms with Gasteiger partial charge in [0.2, 0.25) is 0 Å². The van der Waals surface area contributed by atoms with Crippen LogP contribution in [0, 0.1) is 0 Å². The summed E-state index contributed by atoms with van der Waals surface area (Å²) in [5.74, 6) is -0.223. The van der Waals surface area contributed by atoms with Crippen LogP contribution in [0.4, 0.5) is 0 Å². The molecule has 0 aromatic rings. The lowest BCUT2D eigenvalue weighted by Crippen LogP contribution is -2.27. The van der Waals surface area contributed by atoms with E-state index in [-0.39, 0.29) is 19.2 Å². The second-order valence-corrected chi connectivity index (χ2v) is 12.3. The van der Waals surface area contributed by atoms with Gasteiger partial charge in [-0.3, -0.25) is 4.79 Å². The molecule has 0 heterocycles. The van der Waals surface area contributed by atoms with Gasteiger partial charge in [-0.1, -0.05) is 145 Å². The van der Waals surface area contributed by atoms with Gasteiger partial charge in [-0.2, -0.15) is 0 Å². The molecular weight excluding hydrogens is 568 g/mol. The van der Waals surface area contributed by atoms with Gasteiger partial charge < -0.3 is 14.6 Å². The number of ether oxygens (including phenoxy) is 2. The lowest BCUT2D eigenvalue weighted by molar-refractivity contribution is -0.154. The molecule has 0 radical (unpaired) electrons. The highest BCUT2D eigenvalue weighted by molar-refractivity contribution is 5.69. The summed E-state index contributed by atoms with van der Waals surface area (Å²) < 4.78 is 11.1. The predicted octanol–water partition coefficient (Wildman–Crippen LogP) is 12.3. The fraction of sp³-hybridized carbons (Fsp3) is 0.690. The molecule has 0 aromatic carbocycles. The highest BCUT2D eigenvalue weighted by Gasteiger charge is 2.13. The Labute approximate surface area is 285 Å². The first-order valence-corrected chi connectivity index (χ1v) is 19.0. The van der Waals surface area contributed by atoms with Crippen molar-refractivity contribution in [2.24, 2.45) is 0 Å². The van der Waals surface area contributed by atoms with Crippen molar-refractivity contribution in [2.45, 2.75) is 168 Å². The Balaban J connectivity index is 3.55. The number of hydrogen-bond donors (Lipinski definition) is 1. The lowest BCUT2D eigenvalue weighted by atomic mass is 10.1. The average Bonchev–Trinajstić information content (AvgIpc) is 3.06. The van der Waals surface area contributed by atoms with Crippen molar-refractivity contribution in [3.05, 3.63) is 72.9 Å². The van der Waals surface area contributed by atoms with E-state index in [1.807, 2.05) is 0 Å². The molecule has 1 atom stereocenters. The minimum Gasteiger partial charge on any atom is -0.457 e. The number of unbranched alkanes of at least 4 members (excludes halogenated alkanes) is 14. The van der Waals surface area contributed by atoms with Crippen LogP contribution in [0.25, 0.3) is 0 Å². The molecule has 0 saturated carbocycles. The van der Waals surface area contributed by atoms with E-state index in [9.17, 15) is 9.90 Å². The first kappa shape index (κ1) is 43.8. The molecule has 0 amide bonds. The molecule has 0 bridgehead atoms. The third-order valence-electron chi connectivity index (χ3n) is 7.77. The van der Waals surface area contributed by atoms with Crippen LogP contribution in [0.1, 0.15) is 162 Å². The van der Waals surface area contributed by atoms with Crippen LogP contribution in [-0.4, -0.2) is 37.0 Å². The van der Waals surface area contributed by atoms with Crippen LogP contribution in [-0.2, 0) is 14.3 Å². The van der Waals surface area contributed by atoms with E-state index in [1.54, 1.807) is 0 Å². The zero-order chi connectivity index (χ0) is 33.4. The van der Waals surface area contributed by atoms with Gasteiger partial charge in [0.25, 0.3) is 0 Å². The number of rotatable bonds is 34. The van der Waals surface area contributed by atoms with Crippen LogP contribution in [0.2, 0.25) is 0 Å². The van der Waals surface area contributed by atoms with E-state index in [0.717, 1.165) is 70.6 Å². The Morgan fingerprint density at radius 3 is 1.48 bits per heavy atom. The van der Waals surface area contributed by atoms with E-state index < -0.39 is 6.10 Å². The van der Waals surface area contributed by atoms with Crippen LogP contribution < -0.4 is 0 Å². The van der Waals surface area contributed by atoms with Crippen LogP contribution in [0.5, 0.6) is 0 Å². The highest BCUT2D eigenvalue weighted by Crippen LogP contribution is 2.11. The summed E-state index contributed by atoms with van der Waals surface area (Å²) in [7, 11) is 0. The van der Waals surface area contributed by atoms with Crippen molar-refractivity contribution >= 4 is 5.97 Å². The molecule has 1 N–H and O–H groups in total. The Morgan fingerprint density at radius 1 is 0.543 bits per heavy atom. The van der Waals surface area contributed by atoms with Crippen molar-refractivity contribution in [1.82, 2.24) is 0 Å². The third kappa shape index (κ3) is 36.3. The summed E-state index contributed by atoms with van der Waals surface area (Å²) in [5.41, 5.74) is 0. The van der Waals surface area contributed by atoms with Crippen molar-refractivity contribution in [2.75, 3.05) is 19.8 Å². The number of carbonyl (C=O) groups excluding carboxylic acids is 1. The van der Waals surface area contributed by atoms with Gasteiger partial charge >= 0.3 is 5.97 Å². The second kappa shape index (κ2) is 39.0. The van der Waals surface area contributed by atoms with Gasteiger partial charge in [-0.05, 0) is 83.5 Å². The molecule has 0 aliphatic heterocycles. The lowest BCUT2D eigenvalue weighted by Gasteiger charge is -2.15. The molecule has 4 nitrogen and oxygen atoms in total. The quantitative estimate of drug-likeness (QED) is 0.0432. The van der Waals surface area contributed by atoms with E-state index in [1.165, 1.54) is 70.6 Å². The Kier molecular flexibility index (Phi) is 37.2. The number of carbonyl (C=O) groups is 1. The van der Waals surface area contributed by atoms with E-state index in [0.29, 0.717) is 13.0 Å². The number of aliphatic hydroxyl groups excluding tert-OH is 1. The molecule has 0 saturated heterocycles. The van der Waals surface area contributed by atoms with Gasteiger partial charge in [-0.15, -0.1) is 0 Å². The molecule has 0 spiro atoms. The van der Waals surface area contributed by atoms with Crippen molar-refractivity contribution < 1.29 is 19.4 Å². The van der Waals surface area contributed by atoms with E-state index in [4.69, 9.17) is 9.47 Å². The Hall–Kier alpha value is -2.17. The zero-order valence-corrected chi connectivity index (χ0v) is 30.1. The van der Waals surface area contributed by atoms with E-state index in [2.05, 4.69) is 86.8 Å². The summed E-state index contributed by atoms with van der Waals surface area (Å²) >= 11 is 0. The molecule has 0 rings (SSSR count). The Morgan fingerprint density at radius 2 is 0.978 bits per heavy atom. The maximum absolute atomic E-state index is 12.2. The normalized spacial score (nSPS) is 13.2. The molecule has 1 unspecified atom stereocenters. The third-order valence-corrected chi connectivity index (χ3v) is 7.77. The van der Waals surface area contributed by atoms with Gasteiger partial charge in [0, 0.05) is 13.0 Å². The number of hydrogen-bond acceptors (Lipinski definition) is 4. The molecule has 0 aliphatic rings. The molecule has 0 aliphatic carbocycles. The van der Waals surface area contributed by atoms with Gasteiger partial charge in [0.15, 0.2) is 0 Å². The summed E-state index contributed by atoms with van der Waals surface area (Å²) in [6, 6.07) is 0. The number of aliphatic hydroxyl groups is 1. The zero-order valence-electron chi connectivity index (χ0n) is 30.1. The van der Waals surface area contributed by atoms with Crippen LogP contribution in [0.15, 0.2) is 72.9 Å². The van der Waals surface area contributed by atoms with E-state index >= 15 is 0 Å². The molecular formula is C42H72O4. The highest BCUT2D eigenvalue weighted by atomic mass is 16.6. The molecule has 46 heavy (non-hydrogen) atoms. The standard InChI is InChI=1S/C42H72O4/c1-3-5-7-9-11-13-15-17-19-21-22-23-25-27-29-31-33-35-37-42(44)46-41(39-43)40-45-38-36-34-32-30-28-26-24-20-18-16-14-12-10-8-6-4-2/h6,8,12-15,18-21,26,28,41,43H,3-5,7,9-11,16-17,22-25,27,29-40H2,1-2H3/b8-6-,14-12-,15-13-,20-18-,21-19-,28-26-. The summed E-state index contributed by atoms with van der Waals surface area (Å²) in [6.45, 7) is 5.12. The second-order valence-electron chi connectivity index (χ2n) is 12.3. The fourth-order valence-corrected chi connectivity index (χ4v) is 4.94. The molecule has 0 fully saturated rings.